The van der Waals surface area contributed by atoms with E-state index in [4.69, 9.17) is 4.74 Å². The lowest BCUT2D eigenvalue weighted by Crippen LogP contribution is -1.96. The van der Waals surface area contributed by atoms with Gasteiger partial charge in [0.1, 0.15) is 11.8 Å². The van der Waals surface area contributed by atoms with E-state index in [1.807, 2.05) is 32.0 Å². The van der Waals surface area contributed by atoms with Gasteiger partial charge in [-0.05, 0) is 49.2 Å². The zero-order valence-corrected chi connectivity index (χ0v) is 13.2. The van der Waals surface area contributed by atoms with Crippen molar-refractivity contribution in [3.05, 3.63) is 51.5 Å². The SMILES string of the molecule is COc1ccc(C#N)c(Nc2cc(C)c(Br)c(C)c2)c1. The van der Waals surface area contributed by atoms with Gasteiger partial charge < -0.3 is 10.1 Å². The van der Waals surface area contributed by atoms with Crippen LogP contribution in [0.3, 0.4) is 0 Å². The Morgan fingerprint density at radius 2 is 1.80 bits per heavy atom. The molecule has 0 radical (unpaired) electrons. The quantitative estimate of drug-likeness (QED) is 0.887. The lowest BCUT2D eigenvalue weighted by atomic mass is 10.1. The van der Waals surface area contributed by atoms with E-state index < -0.39 is 0 Å². The highest BCUT2D eigenvalue weighted by atomic mass is 79.9. The maximum absolute atomic E-state index is 9.18. The fourth-order valence-corrected chi connectivity index (χ4v) is 2.25. The molecule has 0 bridgehead atoms. The molecule has 2 rings (SSSR count). The summed E-state index contributed by atoms with van der Waals surface area (Å²) in [6.07, 6.45) is 0. The maximum atomic E-state index is 9.18. The Bertz CT molecular complexity index is 666. The molecule has 3 nitrogen and oxygen atoms in total. The topological polar surface area (TPSA) is 45.0 Å². The van der Waals surface area contributed by atoms with E-state index in [1.54, 1.807) is 19.2 Å². The Labute approximate surface area is 127 Å². The van der Waals surface area contributed by atoms with Gasteiger partial charge in [0.25, 0.3) is 0 Å². The number of halogens is 1. The van der Waals surface area contributed by atoms with Gasteiger partial charge >= 0.3 is 0 Å². The normalized spacial score (nSPS) is 9.95. The van der Waals surface area contributed by atoms with E-state index in [-0.39, 0.29) is 0 Å². The summed E-state index contributed by atoms with van der Waals surface area (Å²) in [7, 11) is 1.61. The minimum atomic E-state index is 0.587. The zero-order valence-electron chi connectivity index (χ0n) is 11.6. The van der Waals surface area contributed by atoms with Gasteiger partial charge in [-0.25, -0.2) is 0 Å². The van der Waals surface area contributed by atoms with Crippen molar-refractivity contribution >= 4 is 27.3 Å². The predicted molar refractivity (Wildman–Crippen MR) is 84.6 cm³/mol. The summed E-state index contributed by atoms with van der Waals surface area (Å²) in [5.74, 6) is 0.719. The van der Waals surface area contributed by atoms with Crippen LogP contribution in [0, 0.1) is 25.2 Å². The summed E-state index contributed by atoms with van der Waals surface area (Å²) in [6, 6.07) is 11.6. The van der Waals surface area contributed by atoms with Gasteiger partial charge in [0.2, 0.25) is 0 Å². The molecule has 0 atom stereocenters. The monoisotopic (exact) mass is 330 g/mol. The van der Waals surface area contributed by atoms with Gasteiger partial charge in [0, 0.05) is 16.2 Å². The molecule has 2 aromatic rings. The molecule has 0 aromatic heterocycles. The van der Waals surface area contributed by atoms with Crippen LogP contribution in [0.25, 0.3) is 0 Å². The molecule has 20 heavy (non-hydrogen) atoms. The number of nitrogens with one attached hydrogen (secondary N) is 1. The van der Waals surface area contributed by atoms with Crippen molar-refractivity contribution in [1.82, 2.24) is 0 Å². The van der Waals surface area contributed by atoms with E-state index in [1.165, 1.54) is 0 Å². The summed E-state index contributed by atoms with van der Waals surface area (Å²) in [4.78, 5) is 0. The molecule has 0 saturated heterocycles. The smallest absolute Gasteiger partial charge is 0.121 e. The Morgan fingerprint density at radius 3 is 2.35 bits per heavy atom. The fourth-order valence-electron chi connectivity index (χ4n) is 2.02. The second-order valence-electron chi connectivity index (χ2n) is 4.57. The highest BCUT2D eigenvalue weighted by Crippen LogP contribution is 2.29. The third kappa shape index (κ3) is 2.94. The fraction of sp³-hybridized carbons (Fsp3) is 0.188. The molecule has 0 unspecified atom stereocenters. The molecular formula is C16H15BrN2O. The number of nitrogens with zero attached hydrogens (tertiary/aromatic N) is 1. The molecule has 1 N–H and O–H groups in total. The van der Waals surface area contributed by atoms with Crippen LogP contribution in [0.2, 0.25) is 0 Å². The van der Waals surface area contributed by atoms with Gasteiger partial charge in [-0.3, -0.25) is 0 Å². The molecular weight excluding hydrogens is 316 g/mol. The number of benzene rings is 2. The third-order valence-electron chi connectivity index (χ3n) is 3.06. The van der Waals surface area contributed by atoms with Gasteiger partial charge in [-0.1, -0.05) is 15.9 Å². The number of aryl methyl sites for hydroxylation is 2. The average Bonchev–Trinajstić information content (AvgIpc) is 2.44. The molecule has 0 fully saturated rings. The van der Waals surface area contributed by atoms with Crippen molar-refractivity contribution in [1.29, 1.82) is 5.26 Å². The van der Waals surface area contributed by atoms with E-state index in [9.17, 15) is 5.26 Å². The number of anilines is 2. The second kappa shape index (κ2) is 5.98. The summed E-state index contributed by atoms with van der Waals surface area (Å²) in [5, 5.41) is 12.5. The van der Waals surface area contributed by atoms with Crippen LogP contribution < -0.4 is 10.1 Å². The largest absolute Gasteiger partial charge is 0.497 e. The third-order valence-corrected chi connectivity index (χ3v) is 4.31. The lowest BCUT2D eigenvalue weighted by Gasteiger charge is -2.12. The molecule has 0 spiro atoms. The van der Waals surface area contributed by atoms with Crippen LogP contribution in [-0.4, -0.2) is 7.11 Å². The van der Waals surface area contributed by atoms with Gasteiger partial charge in [0.05, 0.1) is 18.4 Å². The minimum Gasteiger partial charge on any atom is -0.497 e. The van der Waals surface area contributed by atoms with Crippen LogP contribution in [0.1, 0.15) is 16.7 Å². The van der Waals surface area contributed by atoms with Crippen LogP contribution in [0.4, 0.5) is 11.4 Å². The number of hydrogen-bond donors (Lipinski definition) is 1. The van der Waals surface area contributed by atoms with Gasteiger partial charge in [-0.15, -0.1) is 0 Å². The van der Waals surface area contributed by atoms with Crippen molar-refractivity contribution in [2.24, 2.45) is 0 Å². The molecule has 0 aliphatic heterocycles. The number of hydrogen-bond acceptors (Lipinski definition) is 3. The van der Waals surface area contributed by atoms with Crippen LogP contribution >= 0.6 is 15.9 Å². The lowest BCUT2D eigenvalue weighted by molar-refractivity contribution is 0.415. The van der Waals surface area contributed by atoms with Crippen molar-refractivity contribution < 1.29 is 4.74 Å². The summed E-state index contributed by atoms with van der Waals surface area (Å²) < 4.78 is 6.31. The first-order valence-electron chi connectivity index (χ1n) is 6.17. The first kappa shape index (κ1) is 14.4. The molecule has 4 heteroatoms. The zero-order chi connectivity index (χ0) is 14.7. The summed E-state index contributed by atoms with van der Waals surface area (Å²) in [5.41, 5.74) is 4.58. The summed E-state index contributed by atoms with van der Waals surface area (Å²) >= 11 is 3.55. The summed E-state index contributed by atoms with van der Waals surface area (Å²) in [6.45, 7) is 4.08. The first-order chi connectivity index (χ1) is 9.55. The van der Waals surface area contributed by atoms with Gasteiger partial charge in [-0.2, -0.15) is 5.26 Å². The minimum absolute atomic E-state index is 0.587. The molecule has 0 amide bonds. The van der Waals surface area contributed by atoms with Crippen molar-refractivity contribution in [3.63, 3.8) is 0 Å². The number of nitriles is 1. The Morgan fingerprint density at radius 1 is 1.15 bits per heavy atom. The molecule has 0 aliphatic carbocycles. The maximum Gasteiger partial charge on any atom is 0.121 e. The predicted octanol–water partition coefficient (Wildman–Crippen LogP) is 4.69. The Balaban J connectivity index is 2.41. The Hall–Kier alpha value is -1.99. The van der Waals surface area contributed by atoms with Gasteiger partial charge in [0.15, 0.2) is 0 Å². The standard InChI is InChI=1S/C16H15BrN2O/c1-10-6-13(7-11(2)16(10)17)19-15-8-14(20-3)5-4-12(15)9-18/h4-8,19H,1-3H3. The Kier molecular flexibility index (Phi) is 4.31. The van der Waals surface area contributed by atoms with Crippen LogP contribution in [0.15, 0.2) is 34.8 Å². The first-order valence-corrected chi connectivity index (χ1v) is 6.96. The number of rotatable bonds is 3. The van der Waals surface area contributed by atoms with Crippen molar-refractivity contribution in [2.75, 3.05) is 12.4 Å². The molecule has 0 saturated carbocycles. The number of methoxy groups -OCH3 is 1. The van der Waals surface area contributed by atoms with Crippen molar-refractivity contribution in [3.8, 4) is 11.8 Å². The van der Waals surface area contributed by atoms with E-state index in [0.29, 0.717) is 5.56 Å². The highest BCUT2D eigenvalue weighted by molar-refractivity contribution is 9.10. The van der Waals surface area contributed by atoms with Crippen LogP contribution in [-0.2, 0) is 0 Å². The molecule has 0 aliphatic rings. The van der Waals surface area contributed by atoms with E-state index in [2.05, 4.69) is 27.3 Å². The molecule has 102 valence electrons. The van der Waals surface area contributed by atoms with Crippen molar-refractivity contribution in [2.45, 2.75) is 13.8 Å². The molecule has 2 aromatic carbocycles. The van der Waals surface area contributed by atoms with E-state index in [0.717, 1.165) is 32.7 Å². The number of ether oxygens (including phenoxy) is 1. The van der Waals surface area contributed by atoms with E-state index >= 15 is 0 Å². The highest BCUT2D eigenvalue weighted by Gasteiger charge is 2.07. The van der Waals surface area contributed by atoms with Crippen LogP contribution in [0.5, 0.6) is 5.75 Å². The molecule has 0 heterocycles. The average molecular weight is 331 g/mol. The second-order valence-corrected chi connectivity index (χ2v) is 5.37.